The molecule has 0 unspecified atom stereocenters. The lowest BCUT2D eigenvalue weighted by Crippen LogP contribution is -2.50. The molecule has 3 aliphatic rings. The Bertz CT molecular complexity index is 1070. The van der Waals surface area contributed by atoms with Gasteiger partial charge in [0.25, 0.3) is 0 Å². The van der Waals surface area contributed by atoms with Crippen LogP contribution in [0.5, 0.6) is 0 Å². The van der Waals surface area contributed by atoms with Crippen molar-refractivity contribution in [1.29, 1.82) is 0 Å². The van der Waals surface area contributed by atoms with Crippen LogP contribution in [-0.4, -0.2) is 71.5 Å². The summed E-state index contributed by atoms with van der Waals surface area (Å²) in [6, 6.07) is 8.83. The van der Waals surface area contributed by atoms with E-state index in [9.17, 15) is 4.79 Å². The second-order valence-corrected chi connectivity index (χ2v) is 10.4. The van der Waals surface area contributed by atoms with Crippen LogP contribution in [-0.2, 0) is 4.74 Å². The predicted octanol–water partition coefficient (Wildman–Crippen LogP) is 4.74. The molecular weight excluding hydrogens is 442 g/mol. The maximum atomic E-state index is 12.3. The molecular formula is C26H35N7O2. The number of fused-ring (bicyclic) bond motifs is 1. The van der Waals surface area contributed by atoms with Gasteiger partial charge in [-0.15, -0.1) is 0 Å². The molecule has 1 saturated heterocycles. The Kier molecular flexibility index (Phi) is 6.49. The second kappa shape index (κ2) is 9.71. The molecule has 35 heavy (non-hydrogen) atoms. The van der Waals surface area contributed by atoms with E-state index in [1.807, 2.05) is 39.1 Å². The summed E-state index contributed by atoms with van der Waals surface area (Å²) in [5.74, 6) is 1.51. The Hall–Kier alpha value is -3.36. The Morgan fingerprint density at radius 1 is 1.06 bits per heavy atom. The summed E-state index contributed by atoms with van der Waals surface area (Å²) in [5, 5.41) is 3.35. The Morgan fingerprint density at radius 2 is 1.77 bits per heavy atom. The van der Waals surface area contributed by atoms with Gasteiger partial charge in [0.2, 0.25) is 5.95 Å². The van der Waals surface area contributed by atoms with Crippen molar-refractivity contribution in [3.8, 4) is 0 Å². The van der Waals surface area contributed by atoms with Gasteiger partial charge in [-0.1, -0.05) is 12.8 Å². The van der Waals surface area contributed by atoms with Crippen molar-refractivity contribution in [2.75, 3.05) is 47.8 Å². The molecule has 0 radical (unpaired) electrons. The minimum Gasteiger partial charge on any atom is -0.444 e. The van der Waals surface area contributed by atoms with Crippen molar-refractivity contribution in [2.45, 2.75) is 58.1 Å². The van der Waals surface area contributed by atoms with Gasteiger partial charge >= 0.3 is 6.09 Å². The fourth-order valence-corrected chi connectivity index (χ4v) is 4.94. The fraction of sp³-hybridized carbons (Fsp3) is 0.538. The molecule has 1 amide bonds. The van der Waals surface area contributed by atoms with Crippen LogP contribution in [0.4, 0.5) is 33.6 Å². The highest BCUT2D eigenvalue weighted by Crippen LogP contribution is 2.35. The van der Waals surface area contributed by atoms with E-state index in [2.05, 4.69) is 37.2 Å². The summed E-state index contributed by atoms with van der Waals surface area (Å²) in [5.41, 5.74) is 2.44. The van der Waals surface area contributed by atoms with Crippen LogP contribution in [0.25, 0.3) is 0 Å². The lowest BCUT2D eigenvalue weighted by Gasteiger charge is -2.36. The standard InChI is InChI=1S/C26H35N7O2/c1-26(2,3)35-25(34)32-16-14-31(15-17-32)20-10-8-19(9-11-20)29-24-28-18-22-23(30-24)33(13-12-27-22)21-6-4-5-7-21/h8-12,18,21H,4-7,13-17H2,1-3H3,(H,28,29,30). The van der Waals surface area contributed by atoms with Crippen LogP contribution in [0.3, 0.4) is 0 Å². The minimum atomic E-state index is -0.471. The number of nitrogens with zero attached hydrogens (tertiary/aromatic N) is 6. The number of hydrogen-bond donors (Lipinski definition) is 1. The molecule has 186 valence electrons. The molecule has 9 heteroatoms. The lowest BCUT2D eigenvalue weighted by molar-refractivity contribution is 0.0240. The van der Waals surface area contributed by atoms with Crippen LogP contribution in [0, 0.1) is 0 Å². The first kappa shape index (κ1) is 23.4. The van der Waals surface area contributed by atoms with Gasteiger partial charge in [-0.25, -0.2) is 9.78 Å². The lowest BCUT2D eigenvalue weighted by atomic mass is 10.2. The zero-order chi connectivity index (χ0) is 24.4. The molecule has 2 fully saturated rings. The quantitative estimate of drug-likeness (QED) is 0.680. The van der Waals surface area contributed by atoms with Crippen molar-refractivity contribution in [3.05, 3.63) is 30.5 Å². The number of amides is 1. The number of aliphatic imine (C=N–C) groups is 1. The number of nitrogens with one attached hydrogen (secondary N) is 1. The van der Waals surface area contributed by atoms with E-state index in [-0.39, 0.29) is 6.09 Å². The van der Waals surface area contributed by atoms with Crippen LogP contribution in [0.15, 0.2) is 35.5 Å². The van der Waals surface area contributed by atoms with Gasteiger partial charge in [0.15, 0.2) is 5.82 Å². The molecule has 2 aromatic rings. The molecule has 5 rings (SSSR count). The van der Waals surface area contributed by atoms with Gasteiger partial charge < -0.3 is 24.8 Å². The number of ether oxygens (including phenoxy) is 1. The maximum Gasteiger partial charge on any atom is 0.410 e. The van der Waals surface area contributed by atoms with Crippen molar-refractivity contribution in [2.24, 2.45) is 4.99 Å². The summed E-state index contributed by atoms with van der Waals surface area (Å²) in [7, 11) is 0. The number of hydrogen-bond acceptors (Lipinski definition) is 8. The first-order valence-electron chi connectivity index (χ1n) is 12.6. The van der Waals surface area contributed by atoms with Gasteiger partial charge in [-0.05, 0) is 57.9 Å². The third kappa shape index (κ3) is 5.49. The van der Waals surface area contributed by atoms with Crippen molar-refractivity contribution < 1.29 is 9.53 Å². The van der Waals surface area contributed by atoms with Gasteiger partial charge in [-0.3, -0.25) is 4.99 Å². The van der Waals surface area contributed by atoms with Crippen molar-refractivity contribution in [1.82, 2.24) is 14.9 Å². The summed E-state index contributed by atoms with van der Waals surface area (Å²) in [4.78, 5) is 32.6. The van der Waals surface area contributed by atoms with Crippen LogP contribution >= 0.6 is 0 Å². The highest BCUT2D eigenvalue weighted by Gasteiger charge is 2.28. The Balaban J connectivity index is 1.20. The Morgan fingerprint density at radius 3 is 2.46 bits per heavy atom. The summed E-state index contributed by atoms with van der Waals surface area (Å²) in [6.07, 6.45) is 8.53. The molecule has 1 aromatic carbocycles. The Labute approximate surface area is 207 Å². The minimum absolute atomic E-state index is 0.237. The normalized spacial score (nSPS) is 18.5. The number of aromatic nitrogens is 2. The number of piperazine rings is 1. The molecule has 0 atom stereocenters. The van der Waals surface area contributed by atoms with Gasteiger partial charge in [-0.2, -0.15) is 4.98 Å². The van der Waals surface area contributed by atoms with E-state index in [4.69, 9.17) is 9.72 Å². The first-order chi connectivity index (χ1) is 16.9. The third-order valence-corrected chi connectivity index (χ3v) is 6.72. The number of anilines is 4. The highest BCUT2D eigenvalue weighted by atomic mass is 16.6. The number of carbonyl (C=O) groups is 1. The second-order valence-electron chi connectivity index (χ2n) is 10.4. The molecule has 1 aliphatic carbocycles. The van der Waals surface area contributed by atoms with Crippen molar-refractivity contribution >= 4 is 41.1 Å². The van der Waals surface area contributed by atoms with E-state index in [1.54, 1.807) is 11.1 Å². The van der Waals surface area contributed by atoms with Gasteiger partial charge in [0.1, 0.15) is 11.3 Å². The van der Waals surface area contributed by atoms with E-state index < -0.39 is 5.60 Å². The molecule has 3 heterocycles. The molecule has 1 N–H and O–H groups in total. The van der Waals surface area contributed by atoms with Crippen molar-refractivity contribution in [3.63, 3.8) is 0 Å². The van der Waals surface area contributed by atoms with Crippen LogP contribution in [0.1, 0.15) is 46.5 Å². The summed E-state index contributed by atoms with van der Waals surface area (Å²) >= 11 is 0. The molecule has 0 bridgehead atoms. The first-order valence-corrected chi connectivity index (χ1v) is 12.6. The molecule has 0 spiro atoms. The average molecular weight is 478 g/mol. The van der Waals surface area contributed by atoms with Gasteiger partial charge in [0, 0.05) is 49.8 Å². The molecule has 1 saturated carbocycles. The van der Waals surface area contributed by atoms with Crippen LogP contribution < -0.4 is 15.1 Å². The van der Waals surface area contributed by atoms with E-state index in [0.29, 0.717) is 25.1 Å². The highest BCUT2D eigenvalue weighted by molar-refractivity contribution is 5.80. The smallest absolute Gasteiger partial charge is 0.410 e. The number of carbonyl (C=O) groups excluding carboxylic acids is 1. The summed E-state index contributed by atoms with van der Waals surface area (Å²) in [6.45, 7) is 9.34. The van der Waals surface area contributed by atoms with E-state index >= 15 is 0 Å². The topological polar surface area (TPSA) is 86.2 Å². The molecule has 2 aliphatic heterocycles. The fourth-order valence-electron chi connectivity index (χ4n) is 4.94. The number of rotatable bonds is 4. The predicted molar refractivity (Wildman–Crippen MR) is 140 cm³/mol. The average Bonchev–Trinajstić information content (AvgIpc) is 3.38. The van der Waals surface area contributed by atoms with E-state index in [0.717, 1.165) is 42.5 Å². The monoisotopic (exact) mass is 477 g/mol. The zero-order valence-electron chi connectivity index (χ0n) is 20.9. The number of benzene rings is 1. The maximum absolute atomic E-state index is 12.3. The molecule has 9 nitrogen and oxygen atoms in total. The van der Waals surface area contributed by atoms with Gasteiger partial charge in [0.05, 0.1) is 12.7 Å². The van der Waals surface area contributed by atoms with E-state index in [1.165, 1.54) is 25.7 Å². The molecule has 1 aromatic heterocycles. The zero-order valence-corrected chi connectivity index (χ0v) is 20.9. The summed E-state index contributed by atoms with van der Waals surface area (Å²) < 4.78 is 5.50. The van der Waals surface area contributed by atoms with Crippen LogP contribution in [0.2, 0.25) is 0 Å². The third-order valence-electron chi connectivity index (χ3n) is 6.72. The largest absolute Gasteiger partial charge is 0.444 e. The SMILES string of the molecule is CC(C)(C)OC(=O)N1CCN(c2ccc(Nc3ncc4c(n3)N(C3CCCC3)CC=N4)cc2)CC1.